The van der Waals surface area contributed by atoms with Crippen molar-refractivity contribution in [2.24, 2.45) is 0 Å². The van der Waals surface area contributed by atoms with Crippen LogP contribution in [-0.2, 0) is 11.3 Å². The van der Waals surface area contributed by atoms with Crippen molar-refractivity contribution in [1.29, 1.82) is 0 Å². The van der Waals surface area contributed by atoms with E-state index in [0.717, 1.165) is 11.1 Å². The number of hydrogen-bond donors (Lipinski definition) is 1. The molecule has 0 radical (unpaired) electrons. The lowest BCUT2D eigenvalue weighted by atomic mass is 10.1. The smallest absolute Gasteiger partial charge is 0.387 e. The van der Waals surface area contributed by atoms with Crippen molar-refractivity contribution in [1.82, 2.24) is 5.32 Å². The van der Waals surface area contributed by atoms with Crippen LogP contribution < -0.4 is 19.5 Å². The minimum Gasteiger partial charge on any atom is -0.493 e. The highest BCUT2D eigenvalue weighted by Crippen LogP contribution is 2.29. The lowest BCUT2D eigenvalue weighted by Crippen LogP contribution is -2.28. The van der Waals surface area contributed by atoms with Crippen LogP contribution in [0, 0.1) is 13.8 Å². The topological polar surface area (TPSA) is 56.8 Å². The number of nitrogens with one attached hydrogen (secondary N) is 1. The minimum absolute atomic E-state index is 0.0594. The van der Waals surface area contributed by atoms with Crippen molar-refractivity contribution >= 4 is 5.91 Å². The third-order valence-electron chi connectivity index (χ3n) is 3.85. The quantitative estimate of drug-likeness (QED) is 0.776. The van der Waals surface area contributed by atoms with E-state index in [2.05, 4.69) is 10.1 Å². The van der Waals surface area contributed by atoms with E-state index in [9.17, 15) is 13.6 Å². The molecule has 7 heteroatoms. The van der Waals surface area contributed by atoms with E-state index < -0.39 is 6.61 Å². The van der Waals surface area contributed by atoms with Crippen LogP contribution >= 0.6 is 0 Å². The molecular weight excluding hydrogens is 344 g/mol. The number of aryl methyl sites for hydroxylation is 1. The first-order valence-corrected chi connectivity index (χ1v) is 7.98. The van der Waals surface area contributed by atoms with Crippen molar-refractivity contribution in [3.8, 4) is 17.2 Å². The zero-order chi connectivity index (χ0) is 19.1. The molecule has 0 unspecified atom stereocenters. The molecular formula is C19H21F2NO4. The van der Waals surface area contributed by atoms with Gasteiger partial charge in [0.15, 0.2) is 18.1 Å². The Labute approximate surface area is 150 Å². The lowest BCUT2D eigenvalue weighted by molar-refractivity contribution is -0.123. The SMILES string of the molecule is COc1cc(CNC(=O)COc2cccc(C)c2C)ccc1OC(F)F. The summed E-state index contributed by atoms with van der Waals surface area (Å²) in [6.45, 7) is 1.06. The van der Waals surface area contributed by atoms with Crippen LogP contribution in [0.1, 0.15) is 16.7 Å². The van der Waals surface area contributed by atoms with E-state index in [1.165, 1.54) is 19.2 Å². The van der Waals surface area contributed by atoms with E-state index in [0.29, 0.717) is 11.3 Å². The maximum atomic E-state index is 12.3. The highest BCUT2D eigenvalue weighted by molar-refractivity contribution is 5.77. The van der Waals surface area contributed by atoms with Crippen LogP contribution in [0.5, 0.6) is 17.2 Å². The molecule has 0 saturated heterocycles. The summed E-state index contributed by atoms with van der Waals surface area (Å²) in [5.41, 5.74) is 2.75. The van der Waals surface area contributed by atoms with Gasteiger partial charge < -0.3 is 19.5 Å². The highest BCUT2D eigenvalue weighted by Gasteiger charge is 2.12. The molecule has 0 fully saturated rings. The van der Waals surface area contributed by atoms with Crippen molar-refractivity contribution < 1.29 is 27.8 Å². The summed E-state index contributed by atoms with van der Waals surface area (Å²) in [7, 11) is 1.36. The Balaban J connectivity index is 1.89. The number of ether oxygens (including phenoxy) is 3. The van der Waals surface area contributed by atoms with Crippen molar-refractivity contribution in [3.63, 3.8) is 0 Å². The number of amides is 1. The lowest BCUT2D eigenvalue weighted by Gasteiger charge is -2.13. The molecule has 0 aliphatic heterocycles. The van der Waals surface area contributed by atoms with E-state index in [-0.39, 0.29) is 30.6 Å². The summed E-state index contributed by atoms with van der Waals surface area (Å²) in [5, 5.41) is 2.71. The summed E-state index contributed by atoms with van der Waals surface area (Å²) in [6, 6.07) is 10.1. The summed E-state index contributed by atoms with van der Waals surface area (Å²) in [4.78, 5) is 12.0. The van der Waals surface area contributed by atoms with Gasteiger partial charge in [0.05, 0.1) is 7.11 Å². The molecule has 0 heterocycles. The van der Waals surface area contributed by atoms with E-state index in [1.807, 2.05) is 32.0 Å². The van der Waals surface area contributed by atoms with Gasteiger partial charge in [-0.25, -0.2) is 0 Å². The molecule has 2 aromatic carbocycles. The Bertz CT molecular complexity index is 765. The Morgan fingerprint density at radius 3 is 2.58 bits per heavy atom. The van der Waals surface area contributed by atoms with Gasteiger partial charge in [-0.1, -0.05) is 18.2 Å². The Morgan fingerprint density at radius 2 is 1.88 bits per heavy atom. The molecule has 0 saturated carbocycles. The molecule has 0 spiro atoms. The average Bonchev–Trinajstić information content (AvgIpc) is 2.61. The molecule has 140 valence electrons. The molecule has 0 bridgehead atoms. The van der Waals surface area contributed by atoms with Crippen molar-refractivity contribution in [2.75, 3.05) is 13.7 Å². The molecule has 2 aromatic rings. The molecule has 2 rings (SSSR count). The second-order valence-electron chi connectivity index (χ2n) is 5.63. The third kappa shape index (κ3) is 5.34. The summed E-state index contributed by atoms with van der Waals surface area (Å²) in [6.07, 6.45) is 0. The number of halogens is 2. The zero-order valence-corrected chi connectivity index (χ0v) is 14.8. The summed E-state index contributed by atoms with van der Waals surface area (Å²) < 4.78 is 39.6. The number of benzene rings is 2. The van der Waals surface area contributed by atoms with Crippen molar-refractivity contribution in [3.05, 3.63) is 53.1 Å². The van der Waals surface area contributed by atoms with Gasteiger partial charge in [0.1, 0.15) is 5.75 Å². The number of methoxy groups -OCH3 is 1. The molecule has 0 aliphatic carbocycles. The van der Waals surface area contributed by atoms with Crippen LogP contribution in [0.15, 0.2) is 36.4 Å². The molecule has 0 aromatic heterocycles. The standard InChI is InChI=1S/C19H21F2NO4/c1-12-5-4-6-15(13(12)2)25-11-18(23)22-10-14-7-8-16(26-19(20)21)17(9-14)24-3/h4-9,19H,10-11H2,1-3H3,(H,22,23). The van der Waals surface area contributed by atoms with Gasteiger partial charge in [-0.05, 0) is 48.7 Å². The predicted octanol–water partition coefficient (Wildman–Crippen LogP) is 3.61. The number of rotatable bonds is 8. The average molecular weight is 365 g/mol. The minimum atomic E-state index is -2.93. The molecule has 26 heavy (non-hydrogen) atoms. The second kappa shape index (κ2) is 9.03. The largest absolute Gasteiger partial charge is 0.493 e. The van der Waals surface area contributed by atoms with Crippen LogP contribution in [0.2, 0.25) is 0 Å². The zero-order valence-electron chi connectivity index (χ0n) is 14.8. The number of alkyl halides is 2. The van der Waals surface area contributed by atoms with E-state index in [4.69, 9.17) is 9.47 Å². The van der Waals surface area contributed by atoms with Crippen molar-refractivity contribution in [2.45, 2.75) is 27.0 Å². The van der Waals surface area contributed by atoms with E-state index in [1.54, 1.807) is 6.07 Å². The third-order valence-corrected chi connectivity index (χ3v) is 3.85. The van der Waals surface area contributed by atoms with Gasteiger partial charge in [-0.3, -0.25) is 4.79 Å². The molecule has 1 N–H and O–H groups in total. The first kappa shape index (κ1) is 19.5. The normalized spacial score (nSPS) is 10.5. The Hall–Kier alpha value is -2.83. The fourth-order valence-corrected chi connectivity index (χ4v) is 2.29. The fourth-order valence-electron chi connectivity index (χ4n) is 2.29. The molecule has 5 nitrogen and oxygen atoms in total. The maximum absolute atomic E-state index is 12.3. The Morgan fingerprint density at radius 1 is 1.12 bits per heavy atom. The van der Waals surface area contributed by atoms with Gasteiger partial charge in [-0.15, -0.1) is 0 Å². The predicted molar refractivity (Wildman–Crippen MR) is 92.9 cm³/mol. The molecule has 0 aliphatic rings. The van der Waals surface area contributed by atoms with Gasteiger partial charge in [0, 0.05) is 6.54 Å². The maximum Gasteiger partial charge on any atom is 0.387 e. The van der Waals surface area contributed by atoms with Crippen LogP contribution in [-0.4, -0.2) is 26.2 Å². The number of hydrogen-bond acceptors (Lipinski definition) is 4. The van der Waals surface area contributed by atoms with Crippen LogP contribution in [0.3, 0.4) is 0 Å². The highest BCUT2D eigenvalue weighted by atomic mass is 19.3. The summed E-state index contributed by atoms with van der Waals surface area (Å²) in [5.74, 6) is 0.479. The van der Waals surface area contributed by atoms with Gasteiger partial charge in [0.25, 0.3) is 5.91 Å². The van der Waals surface area contributed by atoms with Crippen LogP contribution in [0.25, 0.3) is 0 Å². The second-order valence-corrected chi connectivity index (χ2v) is 5.63. The van der Waals surface area contributed by atoms with Gasteiger partial charge in [-0.2, -0.15) is 8.78 Å². The first-order valence-electron chi connectivity index (χ1n) is 7.98. The molecule has 1 amide bonds. The molecule has 0 atom stereocenters. The summed E-state index contributed by atoms with van der Waals surface area (Å²) >= 11 is 0. The van der Waals surface area contributed by atoms with Gasteiger partial charge in [0.2, 0.25) is 0 Å². The first-order chi connectivity index (χ1) is 12.4. The monoisotopic (exact) mass is 365 g/mol. The van der Waals surface area contributed by atoms with Crippen LogP contribution in [0.4, 0.5) is 8.78 Å². The van der Waals surface area contributed by atoms with E-state index >= 15 is 0 Å². The number of carbonyl (C=O) groups excluding carboxylic acids is 1. The fraction of sp³-hybridized carbons (Fsp3) is 0.316. The van der Waals surface area contributed by atoms with Gasteiger partial charge >= 0.3 is 6.61 Å². The number of carbonyl (C=O) groups is 1. The Kier molecular flexibility index (Phi) is 6.77.